The summed E-state index contributed by atoms with van der Waals surface area (Å²) in [6.45, 7) is 2.07. The highest BCUT2D eigenvalue weighted by atomic mass is 16.1. The molecule has 1 aromatic carbocycles. The monoisotopic (exact) mass is 294 g/mol. The number of carbonyl (C=O) groups is 1. The standard InChI is InChI=1S/C17H18N4O/c1-10-7-12-8-13(5-6-16(12)21(10)2)18-17(22)15-9-14(19-20-15)11-3-4-11/h5-9,11H,3-4H2,1-2H3,(H,18,22)(H,19,20). The third-order valence-corrected chi connectivity index (χ3v) is 4.39. The highest BCUT2D eigenvalue weighted by molar-refractivity contribution is 6.04. The van der Waals surface area contributed by atoms with Gasteiger partial charge in [0, 0.05) is 40.9 Å². The molecule has 0 aliphatic heterocycles. The Labute approximate surface area is 128 Å². The van der Waals surface area contributed by atoms with Gasteiger partial charge in [-0.05, 0) is 50.1 Å². The number of aromatic amines is 1. The van der Waals surface area contributed by atoms with E-state index in [1.807, 2.05) is 31.3 Å². The number of H-pyrrole nitrogens is 1. The van der Waals surface area contributed by atoms with Gasteiger partial charge in [-0.1, -0.05) is 0 Å². The molecule has 2 heterocycles. The van der Waals surface area contributed by atoms with Gasteiger partial charge in [0.2, 0.25) is 0 Å². The van der Waals surface area contributed by atoms with E-state index in [4.69, 9.17) is 0 Å². The highest BCUT2D eigenvalue weighted by Gasteiger charge is 2.26. The molecule has 5 heteroatoms. The molecule has 0 atom stereocenters. The minimum absolute atomic E-state index is 0.171. The summed E-state index contributed by atoms with van der Waals surface area (Å²) in [5.74, 6) is 0.396. The molecule has 0 unspecified atom stereocenters. The molecule has 1 aliphatic rings. The quantitative estimate of drug-likeness (QED) is 0.778. The van der Waals surface area contributed by atoms with Gasteiger partial charge in [0.15, 0.2) is 5.69 Å². The normalized spacial score (nSPS) is 14.5. The number of nitrogens with one attached hydrogen (secondary N) is 2. The minimum atomic E-state index is -0.171. The highest BCUT2D eigenvalue weighted by Crippen LogP contribution is 2.39. The molecule has 3 aromatic rings. The molecule has 1 aliphatic carbocycles. The van der Waals surface area contributed by atoms with Crippen molar-refractivity contribution >= 4 is 22.5 Å². The second kappa shape index (κ2) is 4.73. The van der Waals surface area contributed by atoms with Crippen LogP contribution in [0.5, 0.6) is 0 Å². The van der Waals surface area contributed by atoms with Gasteiger partial charge in [-0.2, -0.15) is 5.10 Å². The van der Waals surface area contributed by atoms with Crippen molar-refractivity contribution in [2.75, 3.05) is 5.32 Å². The number of hydrogen-bond donors (Lipinski definition) is 2. The molecule has 2 aromatic heterocycles. The van der Waals surface area contributed by atoms with Crippen LogP contribution in [0.1, 0.15) is 40.6 Å². The summed E-state index contributed by atoms with van der Waals surface area (Å²) >= 11 is 0. The summed E-state index contributed by atoms with van der Waals surface area (Å²) in [6, 6.07) is 9.92. The third-order valence-electron chi connectivity index (χ3n) is 4.39. The maximum Gasteiger partial charge on any atom is 0.276 e. The summed E-state index contributed by atoms with van der Waals surface area (Å²) in [4.78, 5) is 12.3. The van der Waals surface area contributed by atoms with Gasteiger partial charge in [0.05, 0.1) is 0 Å². The van der Waals surface area contributed by atoms with Crippen LogP contribution < -0.4 is 5.32 Å². The lowest BCUT2D eigenvalue weighted by Crippen LogP contribution is -2.12. The smallest absolute Gasteiger partial charge is 0.276 e. The Morgan fingerprint density at radius 3 is 2.91 bits per heavy atom. The summed E-state index contributed by atoms with van der Waals surface area (Å²) < 4.78 is 2.14. The van der Waals surface area contributed by atoms with E-state index in [0.717, 1.165) is 22.3 Å². The van der Waals surface area contributed by atoms with Crippen molar-refractivity contribution in [3.8, 4) is 0 Å². The first kappa shape index (κ1) is 13.1. The van der Waals surface area contributed by atoms with E-state index >= 15 is 0 Å². The predicted molar refractivity (Wildman–Crippen MR) is 86.2 cm³/mol. The Morgan fingerprint density at radius 1 is 1.32 bits per heavy atom. The van der Waals surface area contributed by atoms with Crippen LogP contribution >= 0.6 is 0 Å². The Bertz CT molecular complexity index is 870. The zero-order chi connectivity index (χ0) is 15.3. The summed E-state index contributed by atoms with van der Waals surface area (Å²) in [5.41, 5.74) is 4.66. The van der Waals surface area contributed by atoms with E-state index in [1.54, 1.807) is 0 Å². The second-order valence-corrected chi connectivity index (χ2v) is 6.06. The molecule has 0 radical (unpaired) electrons. The topological polar surface area (TPSA) is 62.7 Å². The molecule has 0 spiro atoms. The maximum atomic E-state index is 12.3. The first-order valence-corrected chi connectivity index (χ1v) is 7.54. The number of amides is 1. The van der Waals surface area contributed by atoms with E-state index in [1.165, 1.54) is 18.5 Å². The molecule has 1 amide bonds. The van der Waals surface area contributed by atoms with E-state index < -0.39 is 0 Å². The molecular formula is C17H18N4O. The minimum Gasteiger partial charge on any atom is -0.348 e. The SMILES string of the molecule is Cc1cc2cc(NC(=O)c3cc(C4CC4)[nH]n3)ccc2n1C. The summed E-state index contributed by atoms with van der Waals surface area (Å²) in [6.07, 6.45) is 2.38. The van der Waals surface area contributed by atoms with Gasteiger partial charge < -0.3 is 9.88 Å². The van der Waals surface area contributed by atoms with Crippen LogP contribution in [0.2, 0.25) is 0 Å². The lowest BCUT2D eigenvalue weighted by atomic mass is 10.2. The maximum absolute atomic E-state index is 12.3. The lowest BCUT2D eigenvalue weighted by Gasteiger charge is -2.04. The molecule has 0 bridgehead atoms. The van der Waals surface area contributed by atoms with Gasteiger partial charge in [-0.25, -0.2) is 0 Å². The van der Waals surface area contributed by atoms with Gasteiger partial charge >= 0.3 is 0 Å². The van der Waals surface area contributed by atoms with Crippen molar-refractivity contribution in [1.82, 2.24) is 14.8 Å². The second-order valence-electron chi connectivity index (χ2n) is 6.06. The first-order chi connectivity index (χ1) is 10.6. The van der Waals surface area contributed by atoms with Crippen LogP contribution in [0, 0.1) is 6.92 Å². The van der Waals surface area contributed by atoms with Crippen molar-refractivity contribution in [2.45, 2.75) is 25.7 Å². The zero-order valence-corrected chi connectivity index (χ0v) is 12.7. The fraction of sp³-hybridized carbons (Fsp3) is 0.294. The molecule has 22 heavy (non-hydrogen) atoms. The number of benzene rings is 1. The van der Waals surface area contributed by atoms with Gasteiger partial charge in [-0.3, -0.25) is 9.89 Å². The number of rotatable bonds is 3. The molecule has 1 saturated carbocycles. The molecule has 2 N–H and O–H groups in total. The summed E-state index contributed by atoms with van der Waals surface area (Å²) in [5, 5.41) is 11.1. The van der Waals surface area contributed by atoms with Gasteiger partial charge in [0.1, 0.15) is 0 Å². The van der Waals surface area contributed by atoms with Crippen molar-refractivity contribution < 1.29 is 4.79 Å². The van der Waals surface area contributed by atoms with E-state index in [-0.39, 0.29) is 5.91 Å². The fourth-order valence-electron chi connectivity index (χ4n) is 2.82. The van der Waals surface area contributed by atoms with Crippen molar-refractivity contribution in [3.63, 3.8) is 0 Å². The molecular weight excluding hydrogens is 276 g/mol. The van der Waals surface area contributed by atoms with E-state index in [0.29, 0.717) is 11.6 Å². The summed E-state index contributed by atoms with van der Waals surface area (Å²) in [7, 11) is 2.04. The number of fused-ring (bicyclic) bond motifs is 1. The average molecular weight is 294 g/mol. The van der Waals surface area contributed by atoms with Gasteiger partial charge in [-0.15, -0.1) is 0 Å². The number of nitrogens with zero attached hydrogens (tertiary/aromatic N) is 2. The van der Waals surface area contributed by atoms with Gasteiger partial charge in [0.25, 0.3) is 5.91 Å². The first-order valence-electron chi connectivity index (χ1n) is 7.54. The number of aryl methyl sites for hydroxylation is 2. The largest absolute Gasteiger partial charge is 0.348 e. The molecule has 0 saturated heterocycles. The number of aromatic nitrogens is 3. The van der Waals surface area contributed by atoms with Crippen LogP contribution in [0.4, 0.5) is 5.69 Å². The molecule has 112 valence electrons. The molecule has 4 rings (SSSR count). The van der Waals surface area contributed by atoms with Crippen molar-refractivity contribution in [3.05, 3.63) is 47.4 Å². The van der Waals surface area contributed by atoms with Crippen LogP contribution in [0.15, 0.2) is 30.3 Å². The Morgan fingerprint density at radius 2 is 2.14 bits per heavy atom. The van der Waals surface area contributed by atoms with E-state index in [9.17, 15) is 4.79 Å². The van der Waals surface area contributed by atoms with Crippen molar-refractivity contribution in [2.24, 2.45) is 7.05 Å². The number of hydrogen-bond acceptors (Lipinski definition) is 2. The lowest BCUT2D eigenvalue weighted by molar-refractivity contribution is 0.102. The number of anilines is 1. The van der Waals surface area contributed by atoms with Crippen molar-refractivity contribution in [1.29, 1.82) is 0 Å². The number of carbonyl (C=O) groups excluding carboxylic acids is 1. The van der Waals surface area contributed by atoms with Crippen LogP contribution in [-0.2, 0) is 7.05 Å². The zero-order valence-electron chi connectivity index (χ0n) is 12.7. The Hall–Kier alpha value is -2.56. The average Bonchev–Trinajstić information content (AvgIpc) is 3.16. The van der Waals surface area contributed by atoms with E-state index in [2.05, 4.69) is 33.1 Å². The Balaban J connectivity index is 1.57. The third kappa shape index (κ3) is 2.19. The van der Waals surface area contributed by atoms with Crippen LogP contribution in [0.25, 0.3) is 10.9 Å². The van der Waals surface area contributed by atoms with Crippen LogP contribution in [-0.4, -0.2) is 20.7 Å². The Kier molecular flexibility index (Phi) is 2.82. The molecule has 5 nitrogen and oxygen atoms in total. The fourth-order valence-corrected chi connectivity index (χ4v) is 2.82. The van der Waals surface area contributed by atoms with Crippen LogP contribution in [0.3, 0.4) is 0 Å². The predicted octanol–water partition coefficient (Wildman–Crippen LogP) is 3.34. The molecule has 1 fully saturated rings.